The Kier molecular flexibility index (Phi) is 3.98. The average Bonchev–Trinajstić information content (AvgIpc) is 2.91. The van der Waals surface area contributed by atoms with Gasteiger partial charge in [-0.2, -0.15) is 0 Å². The molecule has 1 aromatic carbocycles. The van der Waals surface area contributed by atoms with E-state index in [0.29, 0.717) is 17.7 Å². The fraction of sp³-hybridized carbons (Fsp3) is 0.467. The van der Waals surface area contributed by atoms with E-state index >= 15 is 0 Å². The Labute approximate surface area is 127 Å². The van der Waals surface area contributed by atoms with Gasteiger partial charge >= 0.3 is 6.09 Å². The molecule has 3 rings (SSSR count). The quantitative estimate of drug-likeness (QED) is 0.946. The van der Waals surface area contributed by atoms with Gasteiger partial charge in [0.2, 0.25) is 0 Å². The standard InChI is InChI=1S/C15H18FN3O3/c1-18(15(20)21)8-10-6-13-12(7-11(10)16)17-9-19(13)14-4-2-3-5-22-14/h6-7,9,14H,2-5,8H2,1H3,(H,20,21). The van der Waals surface area contributed by atoms with Crippen molar-refractivity contribution < 1.29 is 19.0 Å². The van der Waals surface area contributed by atoms with Crippen LogP contribution in [0.15, 0.2) is 18.5 Å². The predicted octanol–water partition coefficient (Wildman–Crippen LogP) is 2.98. The van der Waals surface area contributed by atoms with Crippen LogP contribution in [0.2, 0.25) is 0 Å². The Morgan fingerprint density at radius 1 is 1.55 bits per heavy atom. The zero-order valence-corrected chi connectivity index (χ0v) is 12.3. The molecule has 2 aromatic rings. The lowest BCUT2D eigenvalue weighted by Gasteiger charge is -2.24. The molecule has 1 amide bonds. The van der Waals surface area contributed by atoms with Gasteiger partial charge in [0.1, 0.15) is 12.0 Å². The molecule has 0 saturated carbocycles. The predicted molar refractivity (Wildman–Crippen MR) is 78.0 cm³/mol. The van der Waals surface area contributed by atoms with Crippen LogP contribution in [0.25, 0.3) is 11.0 Å². The molecular formula is C15H18FN3O3. The summed E-state index contributed by atoms with van der Waals surface area (Å²) in [6.45, 7) is 0.702. The first-order chi connectivity index (χ1) is 10.6. The number of fused-ring (bicyclic) bond motifs is 1. The molecule has 6 nitrogen and oxygen atoms in total. The van der Waals surface area contributed by atoms with E-state index in [9.17, 15) is 9.18 Å². The minimum atomic E-state index is -1.09. The van der Waals surface area contributed by atoms with Gasteiger partial charge in [-0.1, -0.05) is 0 Å². The molecule has 1 aromatic heterocycles. The number of hydrogen-bond donors (Lipinski definition) is 1. The summed E-state index contributed by atoms with van der Waals surface area (Å²) < 4.78 is 21.7. The number of aromatic nitrogens is 2. The van der Waals surface area contributed by atoms with Crippen molar-refractivity contribution in [3.63, 3.8) is 0 Å². The lowest BCUT2D eigenvalue weighted by Crippen LogP contribution is -2.24. The number of halogens is 1. The third kappa shape index (κ3) is 2.76. The number of ether oxygens (including phenoxy) is 1. The first-order valence-electron chi connectivity index (χ1n) is 7.27. The number of carboxylic acid groups (broad SMARTS) is 1. The van der Waals surface area contributed by atoms with E-state index in [1.807, 2.05) is 4.57 Å². The van der Waals surface area contributed by atoms with Gasteiger partial charge < -0.3 is 19.3 Å². The molecule has 1 unspecified atom stereocenters. The molecule has 0 spiro atoms. The second-order valence-corrected chi connectivity index (χ2v) is 5.54. The number of carbonyl (C=O) groups is 1. The van der Waals surface area contributed by atoms with Gasteiger partial charge in [0.05, 0.1) is 23.9 Å². The molecule has 118 valence electrons. The highest BCUT2D eigenvalue weighted by Crippen LogP contribution is 2.28. The summed E-state index contributed by atoms with van der Waals surface area (Å²) in [5.41, 5.74) is 1.64. The molecule has 1 N–H and O–H groups in total. The van der Waals surface area contributed by atoms with E-state index in [0.717, 1.165) is 29.7 Å². The van der Waals surface area contributed by atoms with Crippen LogP contribution >= 0.6 is 0 Å². The van der Waals surface area contributed by atoms with Crippen molar-refractivity contribution in [2.75, 3.05) is 13.7 Å². The van der Waals surface area contributed by atoms with Crippen molar-refractivity contribution in [3.8, 4) is 0 Å². The summed E-state index contributed by atoms with van der Waals surface area (Å²) >= 11 is 0. The van der Waals surface area contributed by atoms with E-state index in [1.165, 1.54) is 13.1 Å². The number of imidazole rings is 1. The van der Waals surface area contributed by atoms with E-state index < -0.39 is 11.9 Å². The van der Waals surface area contributed by atoms with E-state index in [2.05, 4.69) is 4.98 Å². The first-order valence-corrected chi connectivity index (χ1v) is 7.27. The maximum absolute atomic E-state index is 14.1. The second-order valence-electron chi connectivity index (χ2n) is 5.54. The lowest BCUT2D eigenvalue weighted by molar-refractivity contribution is -0.0295. The highest BCUT2D eigenvalue weighted by molar-refractivity contribution is 5.76. The van der Waals surface area contributed by atoms with Crippen LogP contribution in [0.4, 0.5) is 9.18 Å². The van der Waals surface area contributed by atoms with Crippen molar-refractivity contribution in [2.45, 2.75) is 32.0 Å². The Morgan fingerprint density at radius 3 is 3.05 bits per heavy atom. The highest BCUT2D eigenvalue weighted by atomic mass is 19.1. The average molecular weight is 307 g/mol. The van der Waals surface area contributed by atoms with Gasteiger partial charge in [0, 0.05) is 25.3 Å². The molecule has 1 atom stereocenters. The number of amides is 1. The van der Waals surface area contributed by atoms with Gasteiger partial charge in [0.15, 0.2) is 0 Å². The zero-order chi connectivity index (χ0) is 15.7. The Bertz CT molecular complexity index is 695. The summed E-state index contributed by atoms with van der Waals surface area (Å²) in [5.74, 6) is -0.449. The van der Waals surface area contributed by atoms with Crippen LogP contribution in [-0.4, -0.2) is 39.3 Å². The molecule has 0 radical (unpaired) electrons. The van der Waals surface area contributed by atoms with Gasteiger partial charge in [-0.25, -0.2) is 14.2 Å². The number of rotatable bonds is 3. The third-order valence-electron chi connectivity index (χ3n) is 3.94. The zero-order valence-electron chi connectivity index (χ0n) is 12.3. The molecule has 1 aliphatic rings. The minimum Gasteiger partial charge on any atom is -0.465 e. The molecular weight excluding hydrogens is 289 g/mol. The smallest absolute Gasteiger partial charge is 0.407 e. The summed E-state index contributed by atoms with van der Waals surface area (Å²) in [5, 5.41) is 8.93. The third-order valence-corrected chi connectivity index (χ3v) is 3.94. The molecule has 1 aliphatic heterocycles. The molecule has 0 bridgehead atoms. The molecule has 2 heterocycles. The first kappa shape index (κ1) is 14.8. The number of benzene rings is 1. The Hall–Kier alpha value is -2.15. The fourth-order valence-corrected chi connectivity index (χ4v) is 2.71. The minimum absolute atomic E-state index is 0.00614. The van der Waals surface area contributed by atoms with Crippen LogP contribution < -0.4 is 0 Å². The summed E-state index contributed by atoms with van der Waals surface area (Å²) in [6, 6.07) is 3.01. The molecule has 0 aliphatic carbocycles. The Balaban J connectivity index is 1.96. The molecule has 1 fully saturated rings. The van der Waals surface area contributed by atoms with Crippen LogP contribution in [0, 0.1) is 5.82 Å². The molecule has 1 saturated heterocycles. The topological polar surface area (TPSA) is 67.6 Å². The van der Waals surface area contributed by atoms with Crippen molar-refractivity contribution in [2.24, 2.45) is 0 Å². The lowest BCUT2D eigenvalue weighted by atomic mass is 10.1. The second kappa shape index (κ2) is 5.92. The Morgan fingerprint density at radius 2 is 2.36 bits per heavy atom. The van der Waals surface area contributed by atoms with Gasteiger partial charge in [-0.3, -0.25) is 0 Å². The van der Waals surface area contributed by atoms with E-state index in [4.69, 9.17) is 9.84 Å². The van der Waals surface area contributed by atoms with E-state index in [-0.39, 0.29) is 12.8 Å². The van der Waals surface area contributed by atoms with Gasteiger partial charge in [-0.05, 0) is 25.3 Å². The number of hydrogen-bond acceptors (Lipinski definition) is 3. The summed E-state index contributed by atoms with van der Waals surface area (Å²) in [6.07, 6.45) is 3.50. The van der Waals surface area contributed by atoms with Gasteiger partial charge in [-0.15, -0.1) is 0 Å². The van der Waals surface area contributed by atoms with Crippen molar-refractivity contribution in [1.82, 2.24) is 14.5 Å². The van der Waals surface area contributed by atoms with E-state index in [1.54, 1.807) is 12.4 Å². The largest absolute Gasteiger partial charge is 0.465 e. The van der Waals surface area contributed by atoms with Gasteiger partial charge in [0.25, 0.3) is 0 Å². The summed E-state index contributed by atoms with van der Waals surface area (Å²) in [4.78, 5) is 16.2. The van der Waals surface area contributed by atoms with Crippen LogP contribution in [0.1, 0.15) is 31.1 Å². The SMILES string of the molecule is CN(Cc1cc2c(cc1F)ncn2C1CCCCO1)C(=O)O. The maximum atomic E-state index is 14.1. The maximum Gasteiger partial charge on any atom is 0.407 e. The van der Waals surface area contributed by atoms with Crippen LogP contribution in [0.3, 0.4) is 0 Å². The monoisotopic (exact) mass is 307 g/mol. The fourth-order valence-electron chi connectivity index (χ4n) is 2.71. The van der Waals surface area contributed by atoms with Crippen LogP contribution in [-0.2, 0) is 11.3 Å². The van der Waals surface area contributed by atoms with Crippen molar-refractivity contribution >= 4 is 17.1 Å². The molecule has 22 heavy (non-hydrogen) atoms. The number of nitrogens with zero attached hydrogens (tertiary/aromatic N) is 3. The molecule has 7 heteroatoms. The summed E-state index contributed by atoms with van der Waals surface area (Å²) in [7, 11) is 1.41. The normalized spacial score (nSPS) is 18.5. The van der Waals surface area contributed by atoms with Crippen molar-refractivity contribution in [3.05, 3.63) is 29.8 Å². The highest BCUT2D eigenvalue weighted by Gasteiger charge is 2.19. The van der Waals surface area contributed by atoms with Crippen molar-refractivity contribution in [1.29, 1.82) is 0 Å². The van der Waals surface area contributed by atoms with Crippen LogP contribution in [0.5, 0.6) is 0 Å².